The van der Waals surface area contributed by atoms with Crippen LogP contribution in [-0.4, -0.2) is 29.8 Å². The monoisotopic (exact) mass is 194 g/mol. The van der Waals surface area contributed by atoms with Gasteiger partial charge in [-0.3, -0.25) is 9.88 Å². The summed E-state index contributed by atoms with van der Waals surface area (Å²) in [5, 5.41) is 0. The van der Waals surface area contributed by atoms with Crippen LogP contribution in [0.1, 0.15) is 19.5 Å². The highest BCUT2D eigenvalue weighted by Crippen LogP contribution is 1.96. The molecule has 0 aliphatic heterocycles. The minimum atomic E-state index is 0.455. The maximum absolute atomic E-state index is 10.1. The van der Waals surface area contributed by atoms with Gasteiger partial charge in [-0.25, -0.2) is 0 Å². The van der Waals surface area contributed by atoms with Crippen molar-refractivity contribution >= 4 is 6.29 Å². The van der Waals surface area contributed by atoms with Gasteiger partial charge >= 0.3 is 0 Å². The number of hydrogen-bond donors (Lipinski definition) is 0. The minimum absolute atomic E-state index is 0.455. The van der Waals surface area contributed by atoms with Gasteiger partial charge in [0.25, 0.3) is 0 Å². The molecule has 1 heterocycles. The Morgan fingerprint density at radius 3 is 2.64 bits per heavy atom. The molecule has 0 bridgehead atoms. The lowest BCUT2D eigenvalue weighted by Gasteiger charge is -2.11. The van der Waals surface area contributed by atoms with Gasteiger partial charge in [-0.1, -0.05) is 19.9 Å². The molecule has 0 aliphatic carbocycles. The predicted molar refractivity (Wildman–Crippen MR) is 58.0 cm³/mol. The van der Waals surface area contributed by atoms with Crippen molar-refractivity contribution in [2.45, 2.75) is 20.4 Å². The Balaban J connectivity index is 0.000000791. The summed E-state index contributed by atoms with van der Waals surface area (Å²) in [5.41, 5.74) is 0.988. The van der Waals surface area contributed by atoms with Crippen molar-refractivity contribution in [2.75, 3.05) is 13.6 Å². The lowest BCUT2D eigenvalue weighted by Crippen LogP contribution is -2.20. The fourth-order valence-electron chi connectivity index (χ4n) is 0.960. The summed E-state index contributed by atoms with van der Waals surface area (Å²) in [4.78, 5) is 16.2. The van der Waals surface area contributed by atoms with Crippen LogP contribution in [-0.2, 0) is 11.3 Å². The molecular weight excluding hydrogens is 176 g/mol. The molecule has 3 nitrogen and oxygen atoms in total. The summed E-state index contributed by atoms with van der Waals surface area (Å²) in [5.74, 6) is 0. The maximum Gasteiger partial charge on any atom is 0.133 e. The van der Waals surface area contributed by atoms with Crippen molar-refractivity contribution in [3.8, 4) is 0 Å². The average Bonchev–Trinajstić information content (AvgIpc) is 2.22. The second kappa shape index (κ2) is 8.38. The van der Waals surface area contributed by atoms with E-state index < -0.39 is 0 Å². The molecule has 0 radical (unpaired) electrons. The van der Waals surface area contributed by atoms with E-state index in [1.165, 1.54) is 0 Å². The van der Waals surface area contributed by atoms with Crippen molar-refractivity contribution in [1.82, 2.24) is 9.88 Å². The van der Waals surface area contributed by atoms with Gasteiger partial charge < -0.3 is 4.79 Å². The van der Waals surface area contributed by atoms with Crippen LogP contribution >= 0.6 is 0 Å². The molecule has 3 heteroatoms. The highest BCUT2D eigenvalue weighted by Gasteiger charge is 1.98. The van der Waals surface area contributed by atoms with Gasteiger partial charge in [0.15, 0.2) is 0 Å². The Morgan fingerprint density at radius 1 is 1.43 bits per heavy atom. The molecule has 14 heavy (non-hydrogen) atoms. The zero-order valence-corrected chi connectivity index (χ0v) is 9.10. The first-order chi connectivity index (χ1) is 6.83. The lowest BCUT2D eigenvalue weighted by atomic mass is 10.3. The predicted octanol–water partition coefficient (Wildman–Crippen LogP) is 1.74. The van der Waals surface area contributed by atoms with Crippen LogP contribution in [0.15, 0.2) is 24.4 Å². The Hall–Kier alpha value is -1.22. The van der Waals surface area contributed by atoms with Crippen LogP contribution in [0.4, 0.5) is 0 Å². The van der Waals surface area contributed by atoms with Crippen molar-refractivity contribution in [2.24, 2.45) is 0 Å². The molecule has 0 amide bonds. The third-order valence-electron chi connectivity index (χ3n) is 1.54. The van der Waals surface area contributed by atoms with Gasteiger partial charge in [0.2, 0.25) is 0 Å². The van der Waals surface area contributed by atoms with Gasteiger partial charge in [0.1, 0.15) is 6.29 Å². The van der Waals surface area contributed by atoms with Crippen LogP contribution in [0, 0.1) is 0 Å². The van der Waals surface area contributed by atoms with E-state index in [2.05, 4.69) is 4.98 Å². The third kappa shape index (κ3) is 5.43. The van der Waals surface area contributed by atoms with E-state index in [4.69, 9.17) is 0 Å². The fraction of sp³-hybridized carbons (Fsp3) is 0.455. The SMILES string of the molecule is CC.CN(CC=O)Cc1ccccn1. The molecule has 0 saturated carbocycles. The van der Waals surface area contributed by atoms with E-state index >= 15 is 0 Å². The molecule has 0 atom stereocenters. The van der Waals surface area contributed by atoms with Crippen LogP contribution in [0.5, 0.6) is 0 Å². The van der Waals surface area contributed by atoms with E-state index in [0.717, 1.165) is 18.5 Å². The van der Waals surface area contributed by atoms with Gasteiger partial charge in [-0.15, -0.1) is 0 Å². The largest absolute Gasteiger partial charge is 0.302 e. The second-order valence-electron chi connectivity index (χ2n) is 2.68. The van der Waals surface area contributed by atoms with Crippen LogP contribution in [0.2, 0.25) is 0 Å². The molecule has 1 aromatic rings. The lowest BCUT2D eigenvalue weighted by molar-refractivity contribution is -0.108. The molecule has 0 saturated heterocycles. The first-order valence-corrected chi connectivity index (χ1v) is 4.85. The van der Waals surface area contributed by atoms with E-state index in [0.29, 0.717) is 6.54 Å². The Kier molecular flexibility index (Phi) is 7.65. The molecule has 0 fully saturated rings. The zero-order valence-electron chi connectivity index (χ0n) is 9.10. The van der Waals surface area contributed by atoms with E-state index in [9.17, 15) is 4.79 Å². The number of likely N-dealkylation sites (N-methyl/N-ethyl adjacent to an activating group) is 1. The summed E-state index contributed by atoms with van der Waals surface area (Å²) in [6, 6.07) is 5.77. The standard InChI is InChI=1S/C9H12N2O.C2H6/c1-11(6-7-12)8-9-4-2-3-5-10-9;1-2/h2-5,7H,6,8H2,1H3;1-2H3. The number of aldehydes is 1. The summed E-state index contributed by atoms with van der Waals surface area (Å²) >= 11 is 0. The van der Waals surface area contributed by atoms with Gasteiger partial charge in [0, 0.05) is 12.7 Å². The number of aromatic nitrogens is 1. The third-order valence-corrected chi connectivity index (χ3v) is 1.54. The maximum atomic E-state index is 10.1. The second-order valence-corrected chi connectivity index (χ2v) is 2.68. The molecule has 0 spiro atoms. The molecule has 1 rings (SSSR count). The summed E-state index contributed by atoms with van der Waals surface area (Å²) in [7, 11) is 1.89. The Morgan fingerprint density at radius 2 is 2.14 bits per heavy atom. The molecule has 0 aliphatic rings. The van der Waals surface area contributed by atoms with Crippen molar-refractivity contribution in [3.63, 3.8) is 0 Å². The van der Waals surface area contributed by atoms with Crippen LogP contribution in [0.25, 0.3) is 0 Å². The zero-order chi connectivity index (χ0) is 10.8. The number of carbonyl (C=O) groups is 1. The van der Waals surface area contributed by atoms with Crippen molar-refractivity contribution < 1.29 is 4.79 Å². The Bertz CT molecular complexity index is 236. The molecular formula is C11H18N2O. The van der Waals surface area contributed by atoms with Crippen LogP contribution < -0.4 is 0 Å². The first-order valence-electron chi connectivity index (χ1n) is 4.85. The molecule has 1 aromatic heterocycles. The molecule has 0 N–H and O–H groups in total. The van der Waals surface area contributed by atoms with E-state index in [1.54, 1.807) is 6.20 Å². The summed E-state index contributed by atoms with van der Waals surface area (Å²) < 4.78 is 0. The Labute approximate surface area is 85.8 Å². The smallest absolute Gasteiger partial charge is 0.133 e. The average molecular weight is 194 g/mol. The van der Waals surface area contributed by atoms with Crippen molar-refractivity contribution in [1.29, 1.82) is 0 Å². The highest BCUT2D eigenvalue weighted by atomic mass is 16.1. The van der Waals surface area contributed by atoms with Crippen LogP contribution in [0.3, 0.4) is 0 Å². The number of carbonyl (C=O) groups excluding carboxylic acids is 1. The quantitative estimate of drug-likeness (QED) is 0.684. The number of rotatable bonds is 4. The topological polar surface area (TPSA) is 33.2 Å². The van der Waals surface area contributed by atoms with Gasteiger partial charge in [-0.2, -0.15) is 0 Å². The number of nitrogens with zero attached hydrogens (tertiary/aromatic N) is 2. The van der Waals surface area contributed by atoms with E-state index in [1.807, 2.05) is 44.0 Å². The summed E-state index contributed by atoms with van der Waals surface area (Å²) in [6.07, 6.45) is 2.65. The number of pyridine rings is 1. The van der Waals surface area contributed by atoms with Crippen molar-refractivity contribution in [3.05, 3.63) is 30.1 Å². The van der Waals surface area contributed by atoms with E-state index in [-0.39, 0.29) is 0 Å². The minimum Gasteiger partial charge on any atom is -0.302 e. The normalized spacial score (nSPS) is 9.14. The van der Waals surface area contributed by atoms with Gasteiger partial charge in [-0.05, 0) is 19.2 Å². The molecule has 0 aromatic carbocycles. The fourth-order valence-corrected chi connectivity index (χ4v) is 0.960. The molecule has 78 valence electrons. The highest BCUT2D eigenvalue weighted by molar-refractivity contribution is 5.51. The molecule has 0 unspecified atom stereocenters. The summed E-state index contributed by atoms with van der Waals surface area (Å²) in [6.45, 7) is 5.18. The number of hydrogen-bond acceptors (Lipinski definition) is 3. The van der Waals surface area contributed by atoms with Gasteiger partial charge in [0.05, 0.1) is 12.2 Å². The first kappa shape index (κ1) is 12.8.